The third kappa shape index (κ3) is 1.94. The second-order valence-corrected chi connectivity index (χ2v) is 5.85. The number of thiophene rings is 1. The van der Waals surface area contributed by atoms with Crippen LogP contribution in [0.2, 0.25) is 0 Å². The van der Waals surface area contributed by atoms with Gasteiger partial charge in [0, 0.05) is 4.88 Å². The lowest BCUT2D eigenvalue weighted by Gasteiger charge is -2.14. The number of carbonyl (C=O) groups is 1. The molecule has 1 atom stereocenters. The summed E-state index contributed by atoms with van der Waals surface area (Å²) < 4.78 is 6.75. The van der Waals surface area contributed by atoms with E-state index in [1.807, 2.05) is 16.2 Å². The van der Waals surface area contributed by atoms with Crippen LogP contribution in [0.5, 0.6) is 0 Å². The molecular weight excluding hydrogens is 371 g/mol. The molecule has 0 N–H and O–H groups in total. The highest BCUT2D eigenvalue weighted by Crippen LogP contribution is 2.50. The summed E-state index contributed by atoms with van der Waals surface area (Å²) in [5.74, 6) is -0.244. The number of carbonyl (C=O) groups excluding carboxylic acids is 1. The molecule has 0 fully saturated rings. The molecule has 0 amide bonds. The van der Waals surface area contributed by atoms with Crippen LogP contribution < -0.4 is 0 Å². The van der Waals surface area contributed by atoms with Gasteiger partial charge >= 0.3 is 5.97 Å². The minimum Gasteiger partial charge on any atom is -0.466 e. The molecule has 0 spiro atoms. The number of fused-ring (bicyclic) bond motifs is 3. The Morgan fingerprint density at radius 1 is 1.32 bits per heavy atom. The van der Waals surface area contributed by atoms with Crippen LogP contribution in [0.15, 0.2) is 45.4 Å². The molecule has 1 aliphatic carbocycles. The molecular formula is C15H11IO2S. The van der Waals surface area contributed by atoms with E-state index in [0.29, 0.717) is 5.57 Å². The number of hydrogen-bond acceptors (Lipinski definition) is 3. The minimum atomic E-state index is -0.254. The Labute approximate surface area is 129 Å². The molecule has 0 saturated heterocycles. The van der Waals surface area contributed by atoms with Crippen molar-refractivity contribution in [3.05, 3.63) is 55.8 Å². The zero-order valence-electron chi connectivity index (χ0n) is 10.2. The molecule has 0 bridgehead atoms. The second kappa shape index (κ2) is 5.09. The van der Waals surface area contributed by atoms with Crippen LogP contribution in [-0.2, 0) is 9.53 Å². The Morgan fingerprint density at radius 2 is 2.11 bits per heavy atom. The highest BCUT2D eigenvalue weighted by Gasteiger charge is 2.35. The van der Waals surface area contributed by atoms with Crippen LogP contribution in [0.1, 0.15) is 16.4 Å². The number of methoxy groups -OCH3 is 1. The molecule has 19 heavy (non-hydrogen) atoms. The van der Waals surface area contributed by atoms with Crippen molar-refractivity contribution in [1.82, 2.24) is 0 Å². The Hall–Kier alpha value is -1.14. The first-order valence-electron chi connectivity index (χ1n) is 5.83. The molecule has 1 heterocycles. The lowest BCUT2D eigenvalue weighted by atomic mass is 9.94. The van der Waals surface area contributed by atoms with Gasteiger partial charge in [-0.1, -0.05) is 46.9 Å². The number of benzene rings is 1. The second-order valence-electron chi connectivity index (χ2n) is 4.27. The molecule has 4 heteroatoms. The monoisotopic (exact) mass is 382 g/mol. The van der Waals surface area contributed by atoms with Crippen molar-refractivity contribution in [1.29, 1.82) is 0 Å². The van der Waals surface area contributed by atoms with Gasteiger partial charge in [0.15, 0.2) is 0 Å². The van der Waals surface area contributed by atoms with Gasteiger partial charge in [-0.15, -0.1) is 11.3 Å². The SMILES string of the molecule is COC(=O)/C(=C\I)C1c2ccccc2-c2ccsc21. The van der Waals surface area contributed by atoms with E-state index in [0.717, 1.165) is 0 Å². The highest BCUT2D eigenvalue weighted by atomic mass is 127. The van der Waals surface area contributed by atoms with Crippen molar-refractivity contribution >= 4 is 39.9 Å². The maximum Gasteiger partial charge on any atom is 0.335 e. The molecule has 0 saturated carbocycles. The summed E-state index contributed by atoms with van der Waals surface area (Å²) in [4.78, 5) is 13.2. The molecule has 1 aliphatic rings. The van der Waals surface area contributed by atoms with Crippen LogP contribution in [-0.4, -0.2) is 13.1 Å². The van der Waals surface area contributed by atoms with Crippen LogP contribution in [0.3, 0.4) is 0 Å². The fraction of sp³-hybridized carbons (Fsp3) is 0.133. The van der Waals surface area contributed by atoms with Gasteiger partial charge in [0.1, 0.15) is 0 Å². The topological polar surface area (TPSA) is 26.3 Å². The first-order chi connectivity index (χ1) is 9.27. The average molecular weight is 382 g/mol. The fourth-order valence-corrected chi connectivity index (χ4v) is 4.21. The summed E-state index contributed by atoms with van der Waals surface area (Å²) in [6.45, 7) is 0. The van der Waals surface area contributed by atoms with Gasteiger partial charge in [0.25, 0.3) is 0 Å². The molecule has 3 rings (SSSR count). The largest absolute Gasteiger partial charge is 0.466 e. The molecule has 1 aromatic heterocycles. The van der Waals surface area contributed by atoms with Crippen molar-refractivity contribution in [2.45, 2.75) is 5.92 Å². The zero-order valence-corrected chi connectivity index (χ0v) is 13.2. The molecule has 0 radical (unpaired) electrons. The van der Waals surface area contributed by atoms with Gasteiger partial charge < -0.3 is 4.74 Å². The molecule has 96 valence electrons. The maximum atomic E-state index is 12.0. The van der Waals surface area contributed by atoms with E-state index >= 15 is 0 Å². The lowest BCUT2D eigenvalue weighted by molar-refractivity contribution is -0.136. The number of hydrogen-bond donors (Lipinski definition) is 0. The van der Waals surface area contributed by atoms with E-state index in [-0.39, 0.29) is 11.9 Å². The molecule has 1 aromatic carbocycles. The fourth-order valence-electron chi connectivity index (χ4n) is 2.55. The van der Waals surface area contributed by atoms with Gasteiger partial charge in [0.2, 0.25) is 0 Å². The van der Waals surface area contributed by atoms with Crippen molar-refractivity contribution in [2.75, 3.05) is 7.11 Å². The van der Waals surface area contributed by atoms with Gasteiger partial charge in [-0.3, -0.25) is 0 Å². The van der Waals surface area contributed by atoms with Crippen molar-refractivity contribution in [3.8, 4) is 11.1 Å². The van der Waals surface area contributed by atoms with Crippen molar-refractivity contribution in [3.63, 3.8) is 0 Å². The van der Waals surface area contributed by atoms with E-state index in [1.54, 1.807) is 11.3 Å². The third-order valence-corrected chi connectivity index (χ3v) is 5.02. The minimum absolute atomic E-state index is 0.00977. The van der Waals surface area contributed by atoms with E-state index in [2.05, 4.69) is 46.2 Å². The summed E-state index contributed by atoms with van der Waals surface area (Å²) in [6, 6.07) is 10.4. The van der Waals surface area contributed by atoms with Crippen molar-refractivity contribution in [2.24, 2.45) is 0 Å². The Balaban J connectivity index is 2.20. The molecule has 2 nitrogen and oxygen atoms in total. The first kappa shape index (κ1) is 12.9. The van der Waals surface area contributed by atoms with Gasteiger partial charge in [-0.2, -0.15) is 0 Å². The first-order valence-corrected chi connectivity index (χ1v) is 7.95. The van der Waals surface area contributed by atoms with E-state index in [4.69, 9.17) is 4.74 Å². The summed E-state index contributed by atoms with van der Waals surface area (Å²) in [5.41, 5.74) is 4.36. The standard InChI is InChI=1S/C15H11IO2S/c1-18-15(17)12(8-16)13-10-5-3-2-4-9(10)11-6-7-19-14(11)13/h2-8,13H,1H3/b12-8-. The predicted molar refractivity (Wildman–Crippen MR) is 85.7 cm³/mol. The highest BCUT2D eigenvalue weighted by molar-refractivity contribution is 14.1. The summed E-state index contributed by atoms with van der Waals surface area (Å²) in [6.07, 6.45) is 0. The lowest BCUT2D eigenvalue weighted by Crippen LogP contribution is -2.11. The Morgan fingerprint density at radius 3 is 2.84 bits per heavy atom. The van der Waals surface area contributed by atoms with Crippen LogP contribution in [0.4, 0.5) is 0 Å². The van der Waals surface area contributed by atoms with Gasteiger partial charge in [-0.05, 0) is 32.2 Å². The number of esters is 1. The van der Waals surface area contributed by atoms with Gasteiger partial charge in [-0.25, -0.2) is 4.79 Å². The summed E-state index contributed by atoms with van der Waals surface area (Å²) in [7, 11) is 1.43. The van der Waals surface area contributed by atoms with E-state index in [1.165, 1.54) is 28.7 Å². The van der Waals surface area contributed by atoms with Crippen LogP contribution >= 0.6 is 33.9 Å². The smallest absolute Gasteiger partial charge is 0.335 e. The predicted octanol–water partition coefficient (Wildman–Crippen LogP) is 4.35. The molecule has 0 aliphatic heterocycles. The summed E-state index contributed by atoms with van der Waals surface area (Å²) >= 11 is 3.81. The average Bonchev–Trinajstić information content (AvgIpc) is 3.02. The Kier molecular flexibility index (Phi) is 3.45. The molecule has 2 aromatic rings. The maximum absolute atomic E-state index is 12.0. The van der Waals surface area contributed by atoms with Crippen LogP contribution in [0, 0.1) is 0 Å². The third-order valence-electron chi connectivity index (χ3n) is 3.37. The van der Waals surface area contributed by atoms with E-state index in [9.17, 15) is 4.79 Å². The normalized spacial score (nSPS) is 16.9. The Bertz CT molecular complexity index is 672. The van der Waals surface area contributed by atoms with Crippen molar-refractivity contribution < 1.29 is 9.53 Å². The van der Waals surface area contributed by atoms with E-state index < -0.39 is 0 Å². The molecule has 1 unspecified atom stereocenters. The quantitative estimate of drug-likeness (QED) is 0.439. The zero-order chi connectivity index (χ0) is 13.4. The number of halogens is 1. The number of rotatable bonds is 2. The number of ether oxygens (including phenoxy) is 1. The summed E-state index contributed by atoms with van der Waals surface area (Å²) in [5, 5.41) is 2.08. The van der Waals surface area contributed by atoms with Crippen LogP contribution in [0.25, 0.3) is 11.1 Å². The van der Waals surface area contributed by atoms with Gasteiger partial charge in [0.05, 0.1) is 18.6 Å².